The van der Waals surface area contributed by atoms with Crippen LogP contribution < -0.4 is 19.1 Å². The molecule has 0 bridgehead atoms. The van der Waals surface area contributed by atoms with Crippen LogP contribution in [0, 0.1) is 6.92 Å². The maximum atomic E-state index is 13.4. The molecule has 0 atom stereocenters. The predicted octanol–water partition coefficient (Wildman–Crippen LogP) is 4.62. The summed E-state index contributed by atoms with van der Waals surface area (Å²) in [7, 11) is -6.39. The molecule has 2 N–H and O–H groups in total. The summed E-state index contributed by atoms with van der Waals surface area (Å²) in [6, 6.07) is 24.2. The van der Waals surface area contributed by atoms with Gasteiger partial charge in [0.05, 0.1) is 28.3 Å². The molecule has 1 amide bonds. The Hall–Kier alpha value is -4.35. The first kappa shape index (κ1) is 26.3. The number of rotatable bonds is 7. The van der Waals surface area contributed by atoms with Crippen LogP contribution >= 0.6 is 0 Å². The smallest absolute Gasteiger partial charge is 0.265 e. The van der Waals surface area contributed by atoms with Crippen molar-refractivity contribution in [2.45, 2.75) is 16.7 Å². The van der Waals surface area contributed by atoms with Gasteiger partial charge in [-0.3, -0.25) is 13.8 Å². The Morgan fingerprint density at radius 3 is 2.36 bits per heavy atom. The molecular weight excluding hydrogens is 538 g/mol. The molecule has 0 aliphatic carbocycles. The second-order valence-electron chi connectivity index (χ2n) is 8.94. The Morgan fingerprint density at radius 2 is 1.62 bits per heavy atom. The first-order valence-corrected chi connectivity index (χ1v) is 14.8. The minimum atomic E-state index is -3.98. The van der Waals surface area contributed by atoms with E-state index < -0.39 is 32.5 Å². The van der Waals surface area contributed by atoms with Crippen molar-refractivity contribution in [3.8, 4) is 16.9 Å². The molecule has 0 aromatic heterocycles. The number of sulfonamides is 2. The van der Waals surface area contributed by atoms with Gasteiger partial charge in [-0.05, 0) is 61.5 Å². The summed E-state index contributed by atoms with van der Waals surface area (Å²) in [5.74, 6) is -0.0696. The predicted molar refractivity (Wildman–Crippen MR) is 150 cm³/mol. The maximum Gasteiger partial charge on any atom is 0.265 e. The van der Waals surface area contributed by atoms with Crippen LogP contribution in [0.5, 0.6) is 5.75 Å². The molecule has 5 rings (SSSR count). The van der Waals surface area contributed by atoms with Crippen LogP contribution in [0.25, 0.3) is 11.1 Å². The normalized spacial score (nSPS) is 13.6. The van der Waals surface area contributed by atoms with Gasteiger partial charge in [-0.2, -0.15) is 0 Å². The van der Waals surface area contributed by atoms with Crippen molar-refractivity contribution < 1.29 is 26.4 Å². The summed E-state index contributed by atoms with van der Waals surface area (Å²) < 4.78 is 61.2. The number of methoxy groups -OCH3 is 1. The second kappa shape index (κ2) is 10.1. The minimum Gasteiger partial charge on any atom is -0.497 e. The number of nitrogens with zero attached hydrogens (tertiary/aromatic N) is 1. The topological polar surface area (TPSA) is 122 Å². The van der Waals surface area contributed by atoms with Crippen molar-refractivity contribution >= 4 is 43.0 Å². The zero-order valence-corrected chi connectivity index (χ0v) is 22.7. The van der Waals surface area contributed by atoms with E-state index >= 15 is 0 Å². The summed E-state index contributed by atoms with van der Waals surface area (Å²) >= 11 is 0. The average molecular weight is 564 g/mol. The molecule has 4 aromatic carbocycles. The van der Waals surface area contributed by atoms with Gasteiger partial charge in [-0.25, -0.2) is 16.8 Å². The van der Waals surface area contributed by atoms with Gasteiger partial charge in [0.15, 0.2) is 0 Å². The van der Waals surface area contributed by atoms with Gasteiger partial charge in [0.1, 0.15) is 12.3 Å². The molecule has 11 heteroatoms. The first-order valence-electron chi connectivity index (χ1n) is 11.9. The number of fused-ring (bicyclic) bond motifs is 3. The molecule has 1 heterocycles. The lowest BCUT2D eigenvalue weighted by molar-refractivity contribution is -0.114. The van der Waals surface area contributed by atoms with Gasteiger partial charge in [-0.1, -0.05) is 35.9 Å². The second-order valence-corrected chi connectivity index (χ2v) is 12.5. The van der Waals surface area contributed by atoms with Crippen molar-refractivity contribution in [3.05, 3.63) is 96.6 Å². The van der Waals surface area contributed by atoms with E-state index in [9.17, 15) is 21.6 Å². The van der Waals surface area contributed by atoms with Crippen LogP contribution in [0.3, 0.4) is 0 Å². The van der Waals surface area contributed by atoms with Crippen LogP contribution in [0.1, 0.15) is 5.56 Å². The molecule has 1 aliphatic heterocycles. The number of anilines is 3. The van der Waals surface area contributed by atoms with Gasteiger partial charge in [0.2, 0.25) is 5.91 Å². The van der Waals surface area contributed by atoms with Crippen LogP contribution in [0.4, 0.5) is 17.1 Å². The van der Waals surface area contributed by atoms with Gasteiger partial charge >= 0.3 is 0 Å². The standard InChI is InChI=1S/C28H25N3O6S2/c1-19-10-15-26-25(16-19)24-8-3-4-9-27(24)39(35,36)31(26)18-28(32)29-20-11-13-23(14-12-20)38(33,34)30-21-6-5-7-22(17-21)37-2/h3-17,30H,18H2,1-2H3,(H,29,32). The number of nitrogens with one attached hydrogen (secondary N) is 2. The van der Waals surface area contributed by atoms with Crippen LogP contribution in [0.2, 0.25) is 0 Å². The fourth-order valence-electron chi connectivity index (χ4n) is 4.36. The van der Waals surface area contributed by atoms with Crippen molar-refractivity contribution in [3.63, 3.8) is 0 Å². The first-order chi connectivity index (χ1) is 18.6. The number of ether oxygens (including phenoxy) is 1. The molecule has 0 fully saturated rings. The highest BCUT2D eigenvalue weighted by Crippen LogP contribution is 2.43. The van der Waals surface area contributed by atoms with Crippen molar-refractivity contribution in [2.75, 3.05) is 28.0 Å². The Kier molecular flexibility index (Phi) is 6.79. The Bertz CT molecular complexity index is 1790. The monoisotopic (exact) mass is 563 g/mol. The molecule has 0 saturated carbocycles. The van der Waals surface area contributed by atoms with Gasteiger partial charge in [0.25, 0.3) is 20.0 Å². The number of hydrogen-bond donors (Lipinski definition) is 2. The zero-order valence-electron chi connectivity index (χ0n) is 21.1. The maximum absolute atomic E-state index is 13.4. The fraction of sp³-hybridized carbons (Fsp3) is 0.107. The van der Waals surface area contributed by atoms with E-state index in [1.54, 1.807) is 54.6 Å². The molecule has 200 valence electrons. The van der Waals surface area contributed by atoms with E-state index in [4.69, 9.17) is 4.74 Å². The third-order valence-corrected chi connectivity index (χ3v) is 9.44. The lowest BCUT2D eigenvalue weighted by Crippen LogP contribution is -2.40. The summed E-state index contributed by atoms with van der Waals surface area (Å²) in [4.78, 5) is 13.1. The van der Waals surface area contributed by atoms with E-state index in [0.717, 1.165) is 15.4 Å². The molecule has 0 radical (unpaired) electrons. The number of carbonyl (C=O) groups is 1. The van der Waals surface area contributed by atoms with Crippen molar-refractivity contribution in [1.82, 2.24) is 0 Å². The van der Waals surface area contributed by atoms with Crippen molar-refractivity contribution in [2.24, 2.45) is 0 Å². The van der Waals surface area contributed by atoms with E-state index in [2.05, 4.69) is 10.0 Å². The number of amides is 1. The van der Waals surface area contributed by atoms with Gasteiger partial charge < -0.3 is 10.1 Å². The molecule has 1 aliphatic rings. The SMILES string of the molecule is COc1cccc(NS(=O)(=O)c2ccc(NC(=O)CN3c4ccc(C)cc4-c4ccccc4S3(=O)=O)cc2)c1. The molecule has 0 unspecified atom stereocenters. The Labute approximate surface area is 227 Å². The Balaban J connectivity index is 1.34. The number of benzene rings is 4. The minimum absolute atomic E-state index is 0.0113. The van der Waals surface area contributed by atoms with E-state index in [1.165, 1.54) is 37.4 Å². The van der Waals surface area contributed by atoms with Crippen molar-refractivity contribution in [1.29, 1.82) is 0 Å². The third-order valence-electron chi connectivity index (χ3n) is 6.22. The highest BCUT2D eigenvalue weighted by Gasteiger charge is 2.35. The summed E-state index contributed by atoms with van der Waals surface area (Å²) in [6.45, 7) is 1.46. The highest BCUT2D eigenvalue weighted by atomic mass is 32.2. The molecular formula is C28H25N3O6S2. The quantitative estimate of drug-likeness (QED) is 0.339. The van der Waals surface area contributed by atoms with E-state index in [0.29, 0.717) is 28.4 Å². The van der Waals surface area contributed by atoms with Crippen LogP contribution in [-0.2, 0) is 24.8 Å². The molecule has 0 spiro atoms. The van der Waals surface area contributed by atoms with Gasteiger partial charge in [-0.15, -0.1) is 0 Å². The fourth-order valence-corrected chi connectivity index (χ4v) is 7.06. The lowest BCUT2D eigenvalue weighted by Gasteiger charge is -2.31. The molecule has 39 heavy (non-hydrogen) atoms. The average Bonchev–Trinajstić information content (AvgIpc) is 2.91. The summed E-state index contributed by atoms with van der Waals surface area (Å²) in [6.07, 6.45) is 0. The van der Waals surface area contributed by atoms with Crippen LogP contribution in [-0.4, -0.2) is 36.4 Å². The summed E-state index contributed by atoms with van der Waals surface area (Å²) in [5, 5.41) is 2.66. The number of hydrogen-bond acceptors (Lipinski definition) is 6. The largest absolute Gasteiger partial charge is 0.497 e. The van der Waals surface area contributed by atoms with Gasteiger partial charge in [0, 0.05) is 22.9 Å². The summed E-state index contributed by atoms with van der Waals surface area (Å²) in [5.41, 5.74) is 3.35. The molecule has 4 aromatic rings. The number of aryl methyl sites for hydroxylation is 1. The molecule has 0 saturated heterocycles. The Morgan fingerprint density at radius 1 is 0.872 bits per heavy atom. The van der Waals surface area contributed by atoms with E-state index in [1.807, 2.05) is 13.0 Å². The van der Waals surface area contributed by atoms with Crippen LogP contribution in [0.15, 0.2) is 101 Å². The number of carbonyl (C=O) groups excluding carboxylic acids is 1. The van der Waals surface area contributed by atoms with E-state index in [-0.39, 0.29) is 9.79 Å². The molecule has 9 nitrogen and oxygen atoms in total. The highest BCUT2D eigenvalue weighted by molar-refractivity contribution is 7.93. The third kappa shape index (κ3) is 5.18. The lowest BCUT2D eigenvalue weighted by atomic mass is 10.0. The zero-order chi connectivity index (χ0) is 27.8.